The summed E-state index contributed by atoms with van der Waals surface area (Å²) in [7, 11) is 0. The average Bonchev–Trinajstić information content (AvgIpc) is 2.74. The lowest BCUT2D eigenvalue weighted by molar-refractivity contribution is 0.0582. The van der Waals surface area contributed by atoms with Gasteiger partial charge in [-0.2, -0.15) is 0 Å². The number of ether oxygens (including phenoxy) is 1. The molecule has 116 valence electrons. The topological polar surface area (TPSA) is 49.8 Å². The lowest BCUT2D eigenvalue weighted by Crippen LogP contribution is -2.36. The first kappa shape index (κ1) is 14.7. The van der Waals surface area contributed by atoms with Gasteiger partial charge in [0.2, 0.25) is 0 Å². The van der Waals surface area contributed by atoms with Crippen LogP contribution in [0.15, 0.2) is 30.3 Å². The summed E-state index contributed by atoms with van der Waals surface area (Å²) >= 11 is 0. The van der Waals surface area contributed by atoms with Crippen LogP contribution < -0.4 is 4.90 Å². The fourth-order valence-electron chi connectivity index (χ4n) is 3.06. The molecule has 3 rings (SSSR count). The maximum atomic E-state index is 12.4. The standard InChI is InChI=1S/C18H21NO3/c1-11-10-19(17(21)22-18(2,3)4)14-9-15(20)12-7-5-6-8-13(12)16(11)14/h5-9,11,20H,10H2,1-4H3. The third kappa shape index (κ3) is 2.39. The summed E-state index contributed by atoms with van der Waals surface area (Å²) in [6.07, 6.45) is -0.368. The van der Waals surface area contributed by atoms with Gasteiger partial charge in [0, 0.05) is 23.9 Å². The Bertz CT molecular complexity index is 746. The Kier molecular flexibility index (Phi) is 3.28. The fourth-order valence-corrected chi connectivity index (χ4v) is 3.06. The van der Waals surface area contributed by atoms with E-state index in [1.807, 2.05) is 45.0 Å². The number of benzene rings is 2. The van der Waals surface area contributed by atoms with E-state index in [0.29, 0.717) is 6.54 Å². The number of carbonyl (C=O) groups is 1. The van der Waals surface area contributed by atoms with Gasteiger partial charge in [-0.15, -0.1) is 0 Å². The first-order valence-corrected chi connectivity index (χ1v) is 7.53. The normalized spacial score (nSPS) is 17.6. The van der Waals surface area contributed by atoms with Gasteiger partial charge in [0.1, 0.15) is 11.4 Å². The summed E-state index contributed by atoms with van der Waals surface area (Å²) in [4.78, 5) is 14.1. The fraction of sp³-hybridized carbons (Fsp3) is 0.389. The Morgan fingerprint density at radius 2 is 1.91 bits per heavy atom. The first-order chi connectivity index (χ1) is 10.3. The highest BCUT2D eigenvalue weighted by Crippen LogP contribution is 2.44. The van der Waals surface area contributed by atoms with Crippen LogP contribution in [0.3, 0.4) is 0 Å². The highest BCUT2D eigenvalue weighted by atomic mass is 16.6. The largest absolute Gasteiger partial charge is 0.507 e. The maximum Gasteiger partial charge on any atom is 0.414 e. The predicted octanol–water partition coefficient (Wildman–Crippen LogP) is 4.40. The molecule has 0 radical (unpaired) electrons. The number of hydrogen-bond donors (Lipinski definition) is 1. The van der Waals surface area contributed by atoms with Crippen molar-refractivity contribution in [3.63, 3.8) is 0 Å². The molecule has 0 aromatic heterocycles. The second-order valence-electron chi connectivity index (χ2n) is 6.87. The lowest BCUT2D eigenvalue weighted by atomic mass is 9.96. The average molecular weight is 299 g/mol. The van der Waals surface area contributed by atoms with E-state index in [0.717, 1.165) is 22.0 Å². The number of carbonyl (C=O) groups excluding carboxylic acids is 1. The van der Waals surface area contributed by atoms with Crippen LogP contribution in [-0.4, -0.2) is 23.3 Å². The van der Waals surface area contributed by atoms with Crippen LogP contribution in [0, 0.1) is 0 Å². The number of aromatic hydroxyl groups is 1. The van der Waals surface area contributed by atoms with Gasteiger partial charge in [0.15, 0.2) is 0 Å². The van der Waals surface area contributed by atoms with Gasteiger partial charge in [-0.25, -0.2) is 4.79 Å². The van der Waals surface area contributed by atoms with Crippen LogP contribution in [0.2, 0.25) is 0 Å². The predicted molar refractivity (Wildman–Crippen MR) is 87.6 cm³/mol. The van der Waals surface area contributed by atoms with Crippen molar-refractivity contribution in [2.75, 3.05) is 11.4 Å². The van der Waals surface area contributed by atoms with Crippen LogP contribution in [0.5, 0.6) is 5.75 Å². The Hall–Kier alpha value is -2.23. The number of fused-ring (bicyclic) bond motifs is 3. The Morgan fingerprint density at radius 1 is 1.27 bits per heavy atom. The maximum absolute atomic E-state index is 12.4. The van der Waals surface area contributed by atoms with E-state index in [4.69, 9.17) is 4.74 Å². The van der Waals surface area contributed by atoms with Crippen molar-refractivity contribution < 1.29 is 14.6 Å². The van der Waals surface area contributed by atoms with E-state index in [1.165, 1.54) is 0 Å². The highest BCUT2D eigenvalue weighted by Gasteiger charge is 2.34. The molecule has 1 atom stereocenters. The molecule has 1 aliphatic rings. The van der Waals surface area contributed by atoms with Gasteiger partial charge in [-0.1, -0.05) is 31.2 Å². The van der Waals surface area contributed by atoms with Crippen molar-refractivity contribution >= 4 is 22.6 Å². The van der Waals surface area contributed by atoms with Crippen LogP contribution in [0.4, 0.5) is 10.5 Å². The number of amides is 1. The molecule has 4 heteroatoms. The second kappa shape index (κ2) is 4.90. The van der Waals surface area contributed by atoms with Crippen molar-refractivity contribution in [1.29, 1.82) is 0 Å². The number of phenolic OH excluding ortho intramolecular Hbond substituents is 1. The molecule has 0 saturated carbocycles. The van der Waals surface area contributed by atoms with Crippen LogP contribution in [-0.2, 0) is 4.74 Å². The number of phenols is 1. The molecular weight excluding hydrogens is 278 g/mol. The van der Waals surface area contributed by atoms with E-state index in [1.54, 1.807) is 11.0 Å². The Labute approximate surface area is 130 Å². The molecular formula is C18H21NO3. The number of hydrogen-bond acceptors (Lipinski definition) is 3. The van der Waals surface area contributed by atoms with Gasteiger partial charge in [-0.3, -0.25) is 4.90 Å². The summed E-state index contributed by atoms with van der Waals surface area (Å²) in [5, 5.41) is 12.1. The van der Waals surface area contributed by atoms with Crippen molar-refractivity contribution in [2.45, 2.75) is 39.2 Å². The summed E-state index contributed by atoms with van der Waals surface area (Å²) in [5.74, 6) is 0.394. The molecule has 1 heterocycles. The minimum absolute atomic E-state index is 0.192. The molecule has 4 nitrogen and oxygen atoms in total. The van der Waals surface area contributed by atoms with E-state index in [2.05, 4.69) is 6.92 Å². The number of nitrogens with zero attached hydrogens (tertiary/aromatic N) is 1. The molecule has 1 aliphatic heterocycles. The highest BCUT2D eigenvalue weighted by molar-refractivity contribution is 6.01. The van der Waals surface area contributed by atoms with Crippen molar-refractivity contribution in [2.24, 2.45) is 0 Å². The van der Waals surface area contributed by atoms with Crippen LogP contribution in [0.25, 0.3) is 10.8 Å². The van der Waals surface area contributed by atoms with E-state index >= 15 is 0 Å². The minimum atomic E-state index is -0.540. The summed E-state index contributed by atoms with van der Waals surface area (Å²) in [6.45, 7) is 8.21. The molecule has 1 amide bonds. The van der Waals surface area contributed by atoms with Gasteiger partial charge >= 0.3 is 6.09 Å². The molecule has 1 unspecified atom stereocenters. The Morgan fingerprint density at radius 3 is 2.55 bits per heavy atom. The first-order valence-electron chi connectivity index (χ1n) is 7.53. The molecule has 0 bridgehead atoms. The SMILES string of the molecule is CC1CN(C(=O)OC(C)(C)C)c2cc(O)c3ccccc3c21. The molecule has 0 spiro atoms. The van der Waals surface area contributed by atoms with Gasteiger partial charge in [0.25, 0.3) is 0 Å². The quantitative estimate of drug-likeness (QED) is 0.784. The van der Waals surface area contributed by atoms with Crippen LogP contribution in [0.1, 0.15) is 39.2 Å². The minimum Gasteiger partial charge on any atom is -0.507 e. The number of rotatable bonds is 0. The van der Waals surface area contributed by atoms with E-state index in [-0.39, 0.29) is 17.8 Å². The molecule has 1 N–H and O–H groups in total. The molecule has 0 aliphatic carbocycles. The van der Waals surface area contributed by atoms with Crippen molar-refractivity contribution in [3.8, 4) is 5.75 Å². The molecule has 0 saturated heterocycles. The monoisotopic (exact) mass is 299 g/mol. The van der Waals surface area contributed by atoms with Gasteiger partial charge in [-0.05, 0) is 31.7 Å². The third-order valence-electron chi connectivity index (χ3n) is 3.90. The summed E-state index contributed by atoms with van der Waals surface area (Å²) in [5.41, 5.74) is 1.30. The van der Waals surface area contributed by atoms with E-state index in [9.17, 15) is 9.90 Å². The molecule has 2 aromatic rings. The smallest absolute Gasteiger partial charge is 0.414 e. The van der Waals surface area contributed by atoms with E-state index < -0.39 is 5.60 Å². The lowest BCUT2D eigenvalue weighted by Gasteiger charge is -2.25. The number of anilines is 1. The summed E-state index contributed by atoms with van der Waals surface area (Å²) < 4.78 is 5.48. The third-order valence-corrected chi connectivity index (χ3v) is 3.90. The van der Waals surface area contributed by atoms with Crippen molar-refractivity contribution in [3.05, 3.63) is 35.9 Å². The molecule has 2 aromatic carbocycles. The molecule has 22 heavy (non-hydrogen) atoms. The second-order valence-corrected chi connectivity index (χ2v) is 6.87. The summed E-state index contributed by atoms with van der Waals surface area (Å²) in [6, 6.07) is 9.41. The van der Waals surface area contributed by atoms with Crippen LogP contribution >= 0.6 is 0 Å². The zero-order valence-corrected chi connectivity index (χ0v) is 13.4. The van der Waals surface area contributed by atoms with Gasteiger partial charge in [0.05, 0.1) is 5.69 Å². The zero-order chi connectivity index (χ0) is 16.1. The van der Waals surface area contributed by atoms with Crippen molar-refractivity contribution in [1.82, 2.24) is 0 Å². The zero-order valence-electron chi connectivity index (χ0n) is 13.4. The molecule has 0 fully saturated rings. The Balaban J connectivity index is 2.11. The van der Waals surface area contributed by atoms with Gasteiger partial charge < -0.3 is 9.84 Å².